The largest absolute Gasteiger partial charge is 0.0654 e. The minimum Gasteiger partial charge on any atom is -0.0654 e. The molecule has 0 spiro atoms. The number of hydrogen-bond acceptors (Lipinski definition) is 0. The van der Waals surface area contributed by atoms with E-state index in [4.69, 9.17) is 0 Å². The summed E-state index contributed by atoms with van der Waals surface area (Å²) in [4.78, 5) is 0. The van der Waals surface area contributed by atoms with Gasteiger partial charge in [0, 0.05) is 0 Å². The quantitative estimate of drug-likeness (QED) is 0.501. The summed E-state index contributed by atoms with van der Waals surface area (Å²) >= 11 is 0. The van der Waals surface area contributed by atoms with Crippen molar-refractivity contribution in [3.05, 3.63) is 59.7 Å². The molecule has 0 bridgehead atoms. The first-order valence-corrected chi connectivity index (χ1v) is 8.43. The average Bonchev–Trinajstić information content (AvgIpc) is 2.55. The Kier molecular flexibility index (Phi) is 6.04. The molecule has 0 aliphatic rings. The average molecular weight is 280 g/mol. The minimum absolute atomic E-state index is 0.674. The first-order chi connectivity index (χ1) is 10.2. The standard InChI is InChI=1S/C21H28/c1-4-6-7-8-17(3)19-13-15-21(16-14-19)20-11-9-18(5-2)10-12-20/h9-17H,4-8H2,1-3H3. The third kappa shape index (κ3) is 4.46. The Morgan fingerprint density at radius 2 is 1.33 bits per heavy atom. The second-order valence-electron chi connectivity index (χ2n) is 6.07. The number of unbranched alkanes of at least 4 members (excludes halogenated alkanes) is 2. The molecular weight excluding hydrogens is 252 g/mol. The molecule has 21 heavy (non-hydrogen) atoms. The van der Waals surface area contributed by atoms with Gasteiger partial charge in [0.2, 0.25) is 0 Å². The second kappa shape index (κ2) is 8.02. The van der Waals surface area contributed by atoms with Crippen molar-refractivity contribution in [2.24, 2.45) is 0 Å². The van der Waals surface area contributed by atoms with Crippen molar-refractivity contribution < 1.29 is 0 Å². The summed E-state index contributed by atoms with van der Waals surface area (Å²) in [6, 6.07) is 18.1. The Morgan fingerprint density at radius 1 is 0.762 bits per heavy atom. The van der Waals surface area contributed by atoms with Crippen LogP contribution in [0.3, 0.4) is 0 Å². The number of rotatable bonds is 7. The first-order valence-electron chi connectivity index (χ1n) is 8.43. The van der Waals surface area contributed by atoms with Crippen LogP contribution in [-0.2, 0) is 6.42 Å². The van der Waals surface area contributed by atoms with Gasteiger partial charge >= 0.3 is 0 Å². The molecule has 0 saturated carbocycles. The van der Waals surface area contributed by atoms with Gasteiger partial charge in [-0.1, -0.05) is 88.6 Å². The topological polar surface area (TPSA) is 0 Å². The molecule has 0 aliphatic heterocycles. The summed E-state index contributed by atoms with van der Waals surface area (Å²) in [5.74, 6) is 0.674. The van der Waals surface area contributed by atoms with E-state index in [-0.39, 0.29) is 0 Å². The Hall–Kier alpha value is -1.56. The van der Waals surface area contributed by atoms with Crippen LogP contribution in [0.25, 0.3) is 11.1 Å². The van der Waals surface area contributed by atoms with E-state index in [2.05, 4.69) is 69.3 Å². The maximum atomic E-state index is 2.35. The van der Waals surface area contributed by atoms with Crippen LogP contribution in [-0.4, -0.2) is 0 Å². The predicted octanol–water partition coefficient (Wildman–Crippen LogP) is 6.60. The van der Waals surface area contributed by atoms with Crippen LogP contribution in [0.15, 0.2) is 48.5 Å². The smallest absolute Gasteiger partial charge is 0.0184 e. The normalized spacial score (nSPS) is 12.3. The van der Waals surface area contributed by atoms with Gasteiger partial charge in [-0.05, 0) is 41.0 Å². The van der Waals surface area contributed by atoms with Crippen molar-refractivity contribution in [1.29, 1.82) is 0 Å². The van der Waals surface area contributed by atoms with E-state index in [9.17, 15) is 0 Å². The molecule has 0 nitrogen and oxygen atoms in total. The fourth-order valence-electron chi connectivity index (χ4n) is 2.80. The lowest BCUT2D eigenvalue weighted by Crippen LogP contribution is -1.93. The zero-order chi connectivity index (χ0) is 15.1. The predicted molar refractivity (Wildman–Crippen MR) is 93.8 cm³/mol. The Balaban J connectivity index is 2.03. The molecule has 0 saturated heterocycles. The lowest BCUT2D eigenvalue weighted by Gasteiger charge is -2.12. The summed E-state index contributed by atoms with van der Waals surface area (Å²) in [5, 5.41) is 0. The van der Waals surface area contributed by atoms with Gasteiger partial charge in [-0.15, -0.1) is 0 Å². The maximum Gasteiger partial charge on any atom is -0.0184 e. The van der Waals surface area contributed by atoms with Gasteiger partial charge < -0.3 is 0 Å². The number of benzene rings is 2. The fraction of sp³-hybridized carbons (Fsp3) is 0.429. The lowest BCUT2D eigenvalue weighted by molar-refractivity contribution is 0.598. The highest BCUT2D eigenvalue weighted by molar-refractivity contribution is 5.64. The van der Waals surface area contributed by atoms with Gasteiger partial charge in [-0.3, -0.25) is 0 Å². The van der Waals surface area contributed by atoms with Crippen molar-refractivity contribution in [3.63, 3.8) is 0 Å². The molecule has 1 atom stereocenters. The summed E-state index contributed by atoms with van der Waals surface area (Å²) in [5.41, 5.74) is 5.51. The third-order valence-corrected chi connectivity index (χ3v) is 4.42. The first kappa shape index (κ1) is 15.8. The second-order valence-corrected chi connectivity index (χ2v) is 6.07. The van der Waals surface area contributed by atoms with Crippen molar-refractivity contribution in [2.75, 3.05) is 0 Å². The SMILES string of the molecule is CCCCCC(C)c1ccc(-c2ccc(CC)cc2)cc1. The number of aryl methyl sites for hydroxylation is 1. The van der Waals surface area contributed by atoms with E-state index in [0.717, 1.165) is 6.42 Å². The molecule has 2 aromatic carbocycles. The molecule has 0 aliphatic carbocycles. The molecule has 112 valence electrons. The highest BCUT2D eigenvalue weighted by Gasteiger charge is 2.05. The molecule has 0 N–H and O–H groups in total. The maximum absolute atomic E-state index is 2.35. The lowest BCUT2D eigenvalue weighted by atomic mass is 9.93. The number of hydrogen-bond donors (Lipinski definition) is 0. The highest BCUT2D eigenvalue weighted by atomic mass is 14.1. The van der Waals surface area contributed by atoms with E-state index in [1.807, 2.05) is 0 Å². The van der Waals surface area contributed by atoms with Gasteiger partial charge in [0.15, 0.2) is 0 Å². The molecule has 0 heterocycles. The van der Waals surface area contributed by atoms with Crippen LogP contribution < -0.4 is 0 Å². The van der Waals surface area contributed by atoms with Gasteiger partial charge in [-0.2, -0.15) is 0 Å². The van der Waals surface area contributed by atoms with Crippen LogP contribution in [0.2, 0.25) is 0 Å². The van der Waals surface area contributed by atoms with Crippen molar-refractivity contribution in [1.82, 2.24) is 0 Å². The Labute approximate surface area is 130 Å². The molecule has 2 rings (SSSR count). The molecule has 1 unspecified atom stereocenters. The third-order valence-electron chi connectivity index (χ3n) is 4.42. The van der Waals surface area contributed by atoms with Gasteiger partial charge in [0.1, 0.15) is 0 Å². The molecule has 0 aromatic heterocycles. The van der Waals surface area contributed by atoms with Gasteiger partial charge in [0.25, 0.3) is 0 Å². The summed E-state index contributed by atoms with van der Waals surface area (Å²) in [6.07, 6.45) is 6.41. The van der Waals surface area contributed by atoms with E-state index < -0.39 is 0 Å². The zero-order valence-electron chi connectivity index (χ0n) is 13.7. The minimum atomic E-state index is 0.674. The Morgan fingerprint density at radius 3 is 1.86 bits per heavy atom. The van der Waals surface area contributed by atoms with Crippen LogP contribution in [0.5, 0.6) is 0 Å². The van der Waals surface area contributed by atoms with Gasteiger partial charge in [-0.25, -0.2) is 0 Å². The zero-order valence-corrected chi connectivity index (χ0v) is 13.7. The van der Waals surface area contributed by atoms with Crippen LogP contribution >= 0.6 is 0 Å². The van der Waals surface area contributed by atoms with Crippen molar-refractivity contribution >= 4 is 0 Å². The molecule has 2 aromatic rings. The van der Waals surface area contributed by atoms with E-state index in [0.29, 0.717) is 5.92 Å². The summed E-state index contributed by atoms with van der Waals surface area (Å²) in [7, 11) is 0. The van der Waals surface area contributed by atoms with Crippen LogP contribution in [0.1, 0.15) is 63.5 Å². The van der Waals surface area contributed by atoms with E-state index in [1.165, 1.54) is 47.9 Å². The van der Waals surface area contributed by atoms with Gasteiger partial charge in [0.05, 0.1) is 0 Å². The van der Waals surface area contributed by atoms with Crippen LogP contribution in [0, 0.1) is 0 Å². The monoisotopic (exact) mass is 280 g/mol. The Bertz CT molecular complexity index is 519. The van der Waals surface area contributed by atoms with Crippen LogP contribution in [0.4, 0.5) is 0 Å². The van der Waals surface area contributed by atoms with Crippen molar-refractivity contribution in [2.45, 2.75) is 58.8 Å². The van der Waals surface area contributed by atoms with E-state index >= 15 is 0 Å². The summed E-state index contributed by atoms with van der Waals surface area (Å²) in [6.45, 7) is 6.81. The highest BCUT2D eigenvalue weighted by Crippen LogP contribution is 2.26. The van der Waals surface area contributed by atoms with E-state index in [1.54, 1.807) is 0 Å². The molecule has 0 amide bonds. The fourth-order valence-corrected chi connectivity index (χ4v) is 2.80. The molecule has 0 heteroatoms. The molecule has 0 fully saturated rings. The molecular formula is C21H28. The van der Waals surface area contributed by atoms with Crippen molar-refractivity contribution in [3.8, 4) is 11.1 Å². The summed E-state index contributed by atoms with van der Waals surface area (Å²) < 4.78 is 0. The molecule has 0 radical (unpaired) electrons.